The van der Waals surface area contributed by atoms with Crippen molar-refractivity contribution in [1.82, 2.24) is 25.1 Å². The number of thioether (sulfide) groups is 1. The Morgan fingerprint density at radius 2 is 1.50 bits per heavy atom. The summed E-state index contributed by atoms with van der Waals surface area (Å²) in [7, 11) is 0. The van der Waals surface area contributed by atoms with Gasteiger partial charge in [-0.1, -0.05) is 103 Å². The number of carbonyl (C=O) groups excluding carboxylic acids is 1. The summed E-state index contributed by atoms with van der Waals surface area (Å²) in [5.74, 6) is 0.868. The maximum absolute atomic E-state index is 13.5. The maximum Gasteiger partial charge on any atom is 0.219 e. The third-order valence-electron chi connectivity index (χ3n) is 7.80. The Balaban J connectivity index is 1.01. The van der Waals surface area contributed by atoms with Gasteiger partial charge in [-0.2, -0.15) is 0 Å². The Labute approximate surface area is 260 Å². The second kappa shape index (κ2) is 14.3. The van der Waals surface area contributed by atoms with Crippen LogP contribution in [0.25, 0.3) is 22.1 Å². The van der Waals surface area contributed by atoms with Crippen LogP contribution in [0.3, 0.4) is 0 Å². The normalized spacial score (nSPS) is 11.4. The van der Waals surface area contributed by atoms with E-state index < -0.39 is 0 Å². The van der Waals surface area contributed by atoms with Gasteiger partial charge in [-0.05, 0) is 54.2 Å². The predicted molar refractivity (Wildman–Crippen MR) is 175 cm³/mol. The summed E-state index contributed by atoms with van der Waals surface area (Å²) in [5, 5.41) is 13.6. The zero-order valence-electron chi connectivity index (χ0n) is 24.4. The molecule has 8 heteroatoms. The number of benzene rings is 4. The van der Waals surface area contributed by atoms with Gasteiger partial charge >= 0.3 is 0 Å². The van der Waals surface area contributed by atoms with Crippen molar-refractivity contribution in [3.63, 3.8) is 0 Å². The number of hydrogen-bond donors (Lipinski definition) is 1. The molecule has 2 heterocycles. The standard InChI is InChI=1S/C36H34FN5OS/c37-29-20-18-26(19-21-29)25-42-32-16-8-7-15-31(32)34-35(42)39-36(41-40-34)44-24-10-9-17-33(43)38-23-22-30(27-11-3-1-4-12-27)28-13-5-2-6-14-28/h1-8,11-16,18-21,30H,9-10,17,22-25H2,(H,38,43). The van der Waals surface area contributed by atoms with E-state index in [0.29, 0.717) is 24.7 Å². The number of halogens is 1. The molecule has 0 saturated carbocycles. The number of aromatic nitrogens is 4. The lowest BCUT2D eigenvalue weighted by Gasteiger charge is -2.18. The van der Waals surface area contributed by atoms with Gasteiger partial charge in [0.25, 0.3) is 0 Å². The second-order valence-electron chi connectivity index (χ2n) is 10.8. The number of unbranched alkanes of at least 4 members (excludes halogenated alkanes) is 1. The van der Waals surface area contributed by atoms with Gasteiger partial charge in [-0.25, -0.2) is 9.37 Å². The molecule has 222 valence electrons. The zero-order chi connectivity index (χ0) is 30.1. The molecule has 0 saturated heterocycles. The van der Waals surface area contributed by atoms with Crippen molar-refractivity contribution in [1.29, 1.82) is 0 Å². The van der Waals surface area contributed by atoms with E-state index in [1.54, 1.807) is 23.9 Å². The fraction of sp³-hybridized carbons (Fsp3) is 0.222. The lowest BCUT2D eigenvalue weighted by atomic mass is 9.88. The van der Waals surface area contributed by atoms with E-state index in [1.807, 2.05) is 36.4 Å². The molecule has 2 aromatic heterocycles. The molecule has 1 amide bonds. The SMILES string of the molecule is O=C(CCCCSc1nnc2c3ccccc3n(Cc3ccc(F)cc3)c2n1)NCCC(c1ccccc1)c1ccccc1. The van der Waals surface area contributed by atoms with Gasteiger partial charge in [0.15, 0.2) is 5.65 Å². The van der Waals surface area contributed by atoms with E-state index in [-0.39, 0.29) is 17.6 Å². The Morgan fingerprint density at radius 3 is 2.23 bits per heavy atom. The van der Waals surface area contributed by atoms with E-state index in [9.17, 15) is 9.18 Å². The van der Waals surface area contributed by atoms with Crippen LogP contribution in [-0.2, 0) is 11.3 Å². The molecule has 0 radical (unpaired) electrons. The Bertz CT molecular complexity index is 1790. The number of hydrogen-bond acceptors (Lipinski definition) is 5. The third-order valence-corrected chi connectivity index (χ3v) is 8.72. The van der Waals surface area contributed by atoms with Gasteiger partial charge in [0.05, 0.1) is 5.52 Å². The van der Waals surface area contributed by atoms with Crippen molar-refractivity contribution >= 4 is 39.7 Å². The lowest BCUT2D eigenvalue weighted by molar-refractivity contribution is -0.121. The summed E-state index contributed by atoms with van der Waals surface area (Å²) >= 11 is 1.55. The van der Waals surface area contributed by atoms with Crippen LogP contribution in [-0.4, -0.2) is 38.0 Å². The Morgan fingerprint density at radius 1 is 0.818 bits per heavy atom. The summed E-state index contributed by atoms with van der Waals surface area (Å²) in [5.41, 5.74) is 6.03. The lowest BCUT2D eigenvalue weighted by Crippen LogP contribution is -2.25. The van der Waals surface area contributed by atoms with Crippen LogP contribution in [0.5, 0.6) is 0 Å². The summed E-state index contributed by atoms with van der Waals surface area (Å²) in [6.45, 7) is 1.19. The molecule has 0 aliphatic rings. The van der Waals surface area contributed by atoms with Gasteiger partial charge in [0.2, 0.25) is 11.1 Å². The van der Waals surface area contributed by atoms with Gasteiger partial charge < -0.3 is 9.88 Å². The summed E-state index contributed by atoms with van der Waals surface area (Å²) in [4.78, 5) is 17.5. The summed E-state index contributed by atoms with van der Waals surface area (Å²) in [6.07, 6.45) is 3.00. The number of rotatable bonds is 13. The van der Waals surface area contributed by atoms with Crippen LogP contribution in [0.15, 0.2) is 114 Å². The number of carbonyl (C=O) groups is 1. The fourth-order valence-corrected chi connectivity index (χ4v) is 6.36. The topological polar surface area (TPSA) is 72.7 Å². The highest BCUT2D eigenvalue weighted by Crippen LogP contribution is 2.29. The smallest absolute Gasteiger partial charge is 0.219 e. The molecule has 4 aromatic carbocycles. The highest BCUT2D eigenvalue weighted by Gasteiger charge is 2.16. The molecule has 44 heavy (non-hydrogen) atoms. The Kier molecular flexibility index (Phi) is 9.57. The molecule has 0 aliphatic heterocycles. The van der Waals surface area contributed by atoms with E-state index >= 15 is 0 Å². The molecular formula is C36H34FN5OS. The minimum Gasteiger partial charge on any atom is -0.356 e. The third kappa shape index (κ3) is 7.14. The number of nitrogens with zero attached hydrogens (tertiary/aromatic N) is 4. The summed E-state index contributed by atoms with van der Waals surface area (Å²) < 4.78 is 15.6. The molecule has 6 rings (SSSR count). The van der Waals surface area contributed by atoms with Crippen molar-refractivity contribution in [3.8, 4) is 0 Å². The fourth-order valence-electron chi connectivity index (χ4n) is 5.57. The van der Waals surface area contributed by atoms with Crippen molar-refractivity contribution in [2.75, 3.05) is 12.3 Å². The molecule has 0 aliphatic carbocycles. The average molecular weight is 604 g/mol. The second-order valence-corrected chi connectivity index (χ2v) is 11.9. The maximum atomic E-state index is 13.5. The largest absolute Gasteiger partial charge is 0.356 e. The van der Waals surface area contributed by atoms with E-state index in [1.165, 1.54) is 23.3 Å². The Hall–Kier alpha value is -4.56. The van der Waals surface area contributed by atoms with Crippen molar-refractivity contribution in [2.24, 2.45) is 0 Å². The van der Waals surface area contributed by atoms with E-state index in [2.05, 4.69) is 68.6 Å². The zero-order valence-corrected chi connectivity index (χ0v) is 25.2. The first-order chi connectivity index (χ1) is 21.7. The minimum absolute atomic E-state index is 0.0829. The van der Waals surface area contributed by atoms with Crippen LogP contribution < -0.4 is 5.32 Å². The van der Waals surface area contributed by atoms with Gasteiger partial charge in [-0.15, -0.1) is 10.2 Å². The van der Waals surface area contributed by atoms with Crippen molar-refractivity contribution in [3.05, 3.63) is 132 Å². The number of nitrogens with one attached hydrogen (secondary N) is 1. The minimum atomic E-state index is -0.254. The van der Waals surface area contributed by atoms with E-state index in [4.69, 9.17) is 4.98 Å². The quantitative estimate of drug-likeness (QED) is 0.108. The number of fused-ring (bicyclic) bond motifs is 3. The van der Waals surface area contributed by atoms with Gasteiger partial charge in [-0.3, -0.25) is 4.79 Å². The molecule has 1 N–H and O–H groups in total. The number of amides is 1. The molecule has 6 nitrogen and oxygen atoms in total. The van der Waals surface area contributed by atoms with Gasteiger partial charge in [0.1, 0.15) is 11.3 Å². The first kappa shape index (κ1) is 29.5. The molecule has 0 atom stereocenters. The highest BCUT2D eigenvalue weighted by molar-refractivity contribution is 7.99. The monoisotopic (exact) mass is 603 g/mol. The average Bonchev–Trinajstić information content (AvgIpc) is 3.37. The molecule has 0 bridgehead atoms. The van der Waals surface area contributed by atoms with Crippen LogP contribution >= 0.6 is 11.8 Å². The molecule has 0 unspecified atom stereocenters. The first-order valence-corrected chi connectivity index (χ1v) is 16.0. The summed E-state index contributed by atoms with van der Waals surface area (Å²) in [6, 6.07) is 35.5. The van der Waals surface area contributed by atoms with Crippen LogP contribution in [0.1, 0.15) is 48.3 Å². The van der Waals surface area contributed by atoms with Crippen LogP contribution in [0, 0.1) is 5.82 Å². The predicted octanol–water partition coefficient (Wildman–Crippen LogP) is 7.77. The highest BCUT2D eigenvalue weighted by atomic mass is 32.2. The van der Waals surface area contributed by atoms with Gasteiger partial charge in [0, 0.05) is 36.6 Å². The van der Waals surface area contributed by atoms with E-state index in [0.717, 1.165) is 52.6 Å². The van der Waals surface area contributed by atoms with Crippen LogP contribution in [0.4, 0.5) is 4.39 Å². The molecule has 6 aromatic rings. The molecule has 0 spiro atoms. The first-order valence-electron chi connectivity index (χ1n) is 15.0. The van der Waals surface area contributed by atoms with Crippen molar-refractivity contribution < 1.29 is 9.18 Å². The molecular weight excluding hydrogens is 569 g/mol. The van der Waals surface area contributed by atoms with Crippen LogP contribution in [0.2, 0.25) is 0 Å². The number of para-hydroxylation sites is 1. The molecule has 0 fully saturated rings. The van der Waals surface area contributed by atoms with Crippen molar-refractivity contribution in [2.45, 2.75) is 43.3 Å².